The van der Waals surface area contributed by atoms with Crippen LogP contribution in [0, 0.1) is 0 Å². The van der Waals surface area contributed by atoms with Crippen LogP contribution < -0.4 is 0 Å². The van der Waals surface area contributed by atoms with Gasteiger partial charge in [0, 0.05) is 5.56 Å². The summed E-state index contributed by atoms with van der Waals surface area (Å²) >= 11 is 4.42. The zero-order valence-electron chi connectivity index (χ0n) is 4.83. The lowest BCUT2D eigenvalue weighted by Gasteiger charge is -1.78. The Bertz CT molecular complexity index is 241. The molecule has 0 amide bonds. The number of aldehydes is 2. The average Bonchev–Trinajstić information content (AvgIpc) is 2.30. The molecule has 0 spiro atoms. The number of thiophene rings is 1. The molecule has 0 aliphatic rings. The maximum atomic E-state index is 10.2. The van der Waals surface area contributed by atoms with E-state index in [2.05, 4.69) is 15.9 Å². The molecule has 4 heteroatoms. The van der Waals surface area contributed by atoms with Gasteiger partial charge in [-0.25, -0.2) is 0 Å². The Balaban J connectivity index is 3.20. The number of carbonyl (C=O) groups is 2. The first-order chi connectivity index (χ1) is 4.77. The van der Waals surface area contributed by atoms with E-state index in [0.717, 1.165) is 3.79 Å². The molecule has 0 fully saturated rings. The standard InChI is InChI=1S/C6H3BrO2S/c7-6-1-4(2-8)5(3-9)10-6/h1-3H. The monoisotopic (exact) mass is 218 g/mol. The van der Waals surface area contributed by atoms with Crippen molar-refractivity contribution in [3.8, 4) is 0 Å². The van der Waals surface area contributed by atoms with Gasteiger partial charge in [-0.05, 0) is 22.0 Å². The van der Waals surface area contributed by atoms with Crippen LogP contribution in [0.4, 0.5) is 0 Å². The van der Waals surface area contributed by atoms with Crippen LogP contribution in [-0.2, 0) is 0 Å². The first-order valence-corrected chi connectivity index (χ1v) is 4.08. The summed E-state index contributed by atoms with van der Waals surface area (Å²) in [6.07, 6.45) is 1.35. The molecule has 1 aromatic rings. The molecule has 2 nitrogen and oxygen atoms in total. The molecule has 1 rings (SSSR count). The zero-order valence-corrected chi connectivity index (χ0v) is 7.24. The molecule has 0 saturated carbocycles. The number of hydrogen-bond acceptors (Lipinski definition) is 3. The Kier molecular flexibility index (Phi) is 2.34. The fraction of sp³-hybridized carbons (Fsp3) is 0. The van der Waals surface area contributed by atoms with Crippen LogP contribution in [0.1, 0.15) is 20.0 Å². The third kappa shape index (κ3) is 1.33. The summed E-state index contributed by atoms with van der Waals surface area (Å²) in [5, 5.41) is 0. The summed E-state index contributed by atoms with van der Waals surface area (Å²) < 4.78 is 0.803. The Morgan fingerprint density at radius 1 is 1.40 bits per heavy atom. The van der Waals surface area contributed by atoms with Gasteiger partial charge in [-0.15, -0.1) is 11.3 Å². The van der Waals surface area contributed by atoms with Gasteiger partial charge in [0.15, 0.2) is 12.6 Å². The van der Waals surface area contributed by atoms with E-state index in [0.29, 0.717) is 23.0 Å². The van der Waals surface area contributed by atoms with Crippen molar-refractivity contribution in [3.05, 3.63) is 20.3 Å². The topological polar surface area (TPSA) is 34.1 Å². The molecule has 1 aromatic heterocycles. The van der Waals surface area contributed by atoms with Crippen molar-refractivity contribution in [2.75, 3.05) is 0 Å². The van der Waals surface area contributed by atoms with Gasteiger partial charge in [0.05, 0.1) is 8.66 Å². The third-order valence-corrected chi connectivity index (χ3v) is 2.57. The van der Waals surface area contributed by atoms with Gasteiger partial charge in [0.2, 0.25) is 0 Å². The Labute approximate surface area is 70.0 Å². The lowest BCUT2D eigenvalue weighted by molar-refractivity contribution is 0.109. The van der Waals surface area contributed by atoms with Crippen molar-refractivity contribution in [1.82, 2.24) is 0 Å². The predicted octanol–water partition coefficient (Wildman–Crippen LogP) is 2.14. The first-order valence-electron chi connectivity index (χ1n) is 2.47. The Hall–Kier alpha value is -0.480. The van der Waals surface area contributed by atoms with E-state index in [1.807, 2.05) is 0 Å². The molecule has 0 bridgehead atoms. The van der Waals surface area contributed by atoms with Crippen LogP contribution in [-0.4, -0.2) is 12.6 Å². The summed E-state index contributed by atoms with van der Waals surface area (Å²) in [6, 6.07) is 1.63. The number of hydrogen-bond donors (Lipinski definition) is 0. The van der Waals surface area contributed by atoms with Gasteiger partial charge < -0.3 is 0 Å². The summed E-state index contributed by atoms with van der Waals surface area (Å²) in [7, 11) is 0. The minimum absolute atomic E-state index is 0.451. The maximum absolute atomic E-state index is 10.2. The zero-order chi connectivity index (χ0) is 7.56. The smallest absolute Gasteiger partial charge is 0.160 e. The molecule has 0 atom stereocenters. The van der Waals surface area contributed by atoms with Crippen molar-refractivity contribution in [2.45, 2.75) is 0 Å². The molecule has 1 heterocycles. The molecule has 0 aliphatic heterocycles. The van der Waals surface area contributed by atoms with E-state index in [4.69, 9.17) is 0 Å². The molecule has 0 N–H and O–H groups in total. The van der Waals surface area contributed by atoms with Gasteiger partial charge in [0.25, 0.3) is 0 Å². The van der Waals surface area contributed by atoms with Crippen LogP contribution in [0.25, 0.3) is 0 Å². The van der Waals surface area contributed by atoms with Gasteiger partial charge in [0.1, 0.15) is 0 Å². The van der Waals surface area contributed by atoms with Gasteiger partial charge in [-0.1, -0.05) is 0 Å². The normalized spacial score (nSPS) is 9.30. The fourth-order valence-corrected chi connectivity index (χ4v) is 2.01. The van der Waals surface area contributed by atoms with Crippen molar-refractivity contribution >= 4 is 39.8 Å². The Morgan fingerprint density at radius 3 is 2.50 bits per heavy atom. The van der Waals surface area contributed by atoms with Crippen LogP contribution >= 0.6 is 27.3 Å². The summed E-state index contributed by atoms with van der Waals surface area (Å²) in [6.45, 7) is 0. The lowest BCUT2D eigenvalue weighted by Crippen LogP contribution is -1.79. The number of halogens is 1. The van der Waals surface area contributed by atoms with E-state index in [1.165, 1.54) is 11.3 Å². The van der Waals surface area contributed by atoms with Crippen molar-refractivity contribution in [2.24, 2.45) is 0 Å². The minimum atomic E-state index is 0.451. The summed E-state index contributed by atoms with van der Waals surface area (Å²) in [5.41, 5.74) is 0.451. The highest BCUT2D eigenvalue weighted by Crippen LogP contribution is 2.24. The SMILES string of the molecule is O=Cc1cc(Br)sc1C=O. The van der Waals surface area contributed by atoms with Gasteiger partial charge in [-0.3, -0.25) is 9.59 Å². The lowest BCUT2D eigenvalue weighted by atomic mass is 10.3. The van der Waals surface area contributed by atoms with Crippen molar-refractivity contribution in [3.63, 3.8) is 0 Å². The molecular formula is C6H3BrO2S. The number of rotatable bonds is 2. The third-order valence-electron chi connectivity index (χ3n) is 0.995. The van der Waals surface area contributed by atoms with Crippen LogP contribution in [0.3, 0.4) is 0 Å². The molecule has 0 radical (unpaired) electrons. The van der Waals surface area contributed by atoms with Gasteiger partial charge in [-0.2, -0.15) is 0 Å². The molecule has 10 heavy (non-hydrogen) atoms. The van der Waals surface area contributed by atoms with Crippen molar-refractivity contribution in [1.29, 1.82) is 0 Å². The summed E-state index contributed by atoms with van der Waals surface area (Å²) in [5.74, 6) is 0. The van der Waals surface area contributed by atoms with E-state index in [-0.39, 0.29) is 0 Å². The largest absolute Gasteiger partial charge is 0.298 e. The van der Waals surface area contributed by atoms with Gasteiger partial charge >= 0.3 is 0 Å². The highest BCUT2D eigenvalue weighted by Gasteiger charge is 2.04. The van der Waals surface area contributed by atoms with Crippen LogP contribution in [0.2, 0.25) is 0 Å². The predicted molar refractivity (Wildman–Crippen MR) is 42.8 cm³/mol. The quantitative estimate of drug-likeness (QED) is 0.714. The second kappa shape index (κ2) is 3.07. The molecule has 0 unspecified atom stereocenters. The molecule has 52 valence electrons. The molecule has 0 aliphatic carbocycles. The second-order valence-corrected chi connectivity index (χ2v) is 4.07. The molecular weight excluding hydrogens is 216 g/mol. The van der Waals surface area contributed by atoms with E-state index in [1.54, 1.807) is 6.07 Å². The second-order valence-electron chi connectivity index (χ2n) is 1.61. The number of carbonyl (C=O) groups excluding carboxylic acids is 2. The maximum Gasteiger partial charge on any atom is 0.160 e. The minimum Gasteiger partial charge on any atom is -0.298 e. The van der Waals surface area contributed by atoms with Crippen molar-refractivity contribution < 1.29 is 9.59 Å². The van der Waals surface area contributed by atoms with Crippen LogP contribution in [0.15, 0.2) is 9.85 Å². The molecule has 0 saturated heterocycles. The molecule has 0 aromatic carbocycles. The average molecular weight is 219 g/mol. The fourth-order valence-electron chi connectivity index (χ4n) is 0.571. The first kappa shape index (κ1) is 7.63. The summed E-state index contributed by atoms with van der Waals surface area (Å²) in [4.78, 5) is 20.9. The highest BCUT2D eigenvalue weighted by atomic mass is 79.9. The van der Waals surface area contributed by atoms with E-state index < -0.39 is 0 Å². The highest BCUT2D eigenvalue weighted by molar-refractivity contribution is 9.11. The van der Waals surface area contributed by atoms with Crippen LogP contribution in [0.5, 0.6) is 0 Å². The Morgan fingerprint density at radius 2 is 2.10 bits per heavy atom. The van der Waals surface area contributed by atoms with E-state index >= 15 is 0 Å². The van der Waals surface area contributed by atoms with E-state index in [9.17, 15) is 9.59 Å².